The molecule has 0 radical (unpaired) electrons. The topological polar surface area (TPSA) is 52.6 Å². The maximum atomic E-state index is 12.3. The molecule has 136 valence electrons. The lowest BCUT2D eigenvalue weighted by Gasteiger charge is -2.33. The van der Waals surface area contributed by atoms with E-state index in [4.69, 9.17) is 0 Å². The maximum Gasteiger partial charge on any atom is 0.265 e. The van der Waals surface area contributed by atoms with Gasteiger partial charge in [-0.05, 0) is 33.9 Å². The molecule has 1 unspecified atom stereocenters. The number of nitrogens with one attached hydrogen (secondary N) is 1. The number of fused-ring (bicyclic) bond motifs is 1. The van der Waals surface area contributed by atoms with E-state index in [1.54, 1.807) is 0 Å². The van der Waals surface area contributed by atoms with Crippen LogP contribution in [0.1, 0.15) is 23.6 Å². The van der Waals surface area contributed by atoms with Gasteiger partial charge >= 0.3 is 0 Å². The molecule has 27 heavy (non-hydrogen) atoms. The van der Waals surface area contributed by atoms with Crippen LogP contribution in [0.15, 0.2) is 78.9 Å². The van der Waals surface area contributed by atoms with E-state index in [2.05, 4.69) is 53.4 Å². The molecule has 0 fully saturated rings. The van der Waals surface area contributed by atoms with Crippen molar-refractivity contribution in [2.24, 2.45) is 0 Å². The number of nitrogens with zero attached hydrogens (tertiary/aromatic N) is 1. The number of hydroxylamine groups is 1. The molecule has 4 nitrogen and oxygen atoms in total. The van der Waals surface area contributed by atoms with Crippen LogP contribution < -0.4 is 5.48 Å². The molecule has 4 rings (SSSR count). The van der Waals surface area contributed by atoms with E-state index < -0.39 is 11.9 Å². The van der Waals surface area contributed by atoms with Gasteiger partial charge in [-0.2, -0.15) is 0 Å². The summed E-state index contributed by atoms with van der Waals surface area (Å²) in [7, 11) is 0. The van der Waals surface area contributed by atoms with E-state index >= 15 is 0 Å². The summed E-state index contributed by atoms with van der Waals surface area (Å²) < 4.78 is 0. The second-order valence-corrected chi connectivity index (χ2v) is 6.79. The van der Waals surface area contributed by atoms with Gasteiger partial charge in [0.1, 0.15) is 6.04 Å². The predicted octanol–water partition coefficient (Wildman–Crippen LogP) is 4.18. The van der Waals surface area contributed by atoms with Crippen molar-refractivity contribution in [3.8, 4) is 0 Å². The Hall–Kier alpha value is -2.95. The molecule has 0 spiro atoms. The summed E-state index contributed by atoms with van der Waals surface area (Å²) in [5.74, 6) is -0.400. The molecule has 3 aromatic carbocycles. The number of carbonyl (C=O) groups excluding carboxylic acids is 1. The standard InChI is InChI=1S/C23H22N2O2/c26-23(24-27)22(19-8-2-1-3-9-19)25-15-13-18(14-16-25)21-12-6-10-17-7-4-5-11-20(17)21/h1-13,22,27H,14-16H2,(H,24,26). The zero-order valence-electron chi connectivity index (χ0n) is 15.0. The SMILES string of the molecule is O=C(NO)C(c1ccccc1)N1CC=C(c2cccc3ccccc23)CC1. The highest BCUT2D eigenvalue weighted by Crippen LogP contribution is 2.32. The van der Waals surface area contributed by atoms with Gasteiger partial charge in [0.15, 0.2) is 0 Å². The first-order chi connectivity index (χ1) is 13.3. The lowest BCUT2D eigenvalue weighted by molar-refractivity contribution is -0.135. The average molecular weight is 358 g/mol. The van der Waals surface area contributed by atoms with Gasteiger partial charge in [0, 0.05) is 13.1 Å². The number of benzene rings is 3. The van der Waals surface area contributed by atoms with Crippen molar-refractivity contribution >= 4 is 22.3 Å². The molecule has 1 aliphatic heterocycles. The fourth-order valence-corrected chi connectivity index (χ4v) is 3.89. The molecular formula is C23H22N2O2. The second kappa shape index (κ2) is 7.74. The van der Waals surface area contributed by atoms with Crippen molar-refractivity contribution in [2.75, 3.05) is 13.1 Å². The summed E-state index contributed by atoms with van der Waals surface area (Å²) in [4.78, 5) is 14.4. The number of carbonyl (C=O) groups is 1. The third-order valence-electron chi connectivity index (χ3n) is 5.22. The molecule has 1 aliphatic rings. The monoisotopic (exact) mass is 358 g/mol. The summed E-state index contributed by atoms with van der Waals surface area (Å²) >= 11 is 0. The van der Waals surface area contributed by atoms with Crippen LogP contribution >= 0.6 is 0 Å². The van der Waals surface area contributed by atoms with E-state index in [0.717, 1.165) is 18.5 Å². The maximum absolute atomic E-state index is 12.3. The van der Waals surface area contributed by atoms with E-state index in [9.17, 15) is 10.0 Å². The molecule has 4 heteroatoms. The van der Waals surface area contributed by atoms with Gasteiger partial charge in [0.05, 0.1) is 0 Å². The normalized spacial score (nSPS) is 16.0. The van der Waals surface area contributed by atoms with E-state index in [0.29, 0.717) is 6.54 Å². The Morgan fingerprint density at radius 1 is 0.963 bits per heavy atom. The number of rotatable bonds is 4. The Kier molecular flexibility index (Phi) is 5.01. The summed E-state index contributed by atoms with van der Waals surface area (Å²) in [6.07, 6.45) is 3.06. The summed E-state index contributed by atoms with van der Waals surface area (Å²) in [6.45, 7) is 1.41. The first kappa shape index (κ1) is 17.5. The first-order valence-corrected chi connectivity index (χ1v) is 9.18. The Balaban J connectivity index is 1.63. The zero-order chi connectivity index (χ0) is 18.6. The number of amides is 1. The molecule has 0 saturated heterocycles. The molecule has 1 atom stereocenters. The molecule has 3 aromatic rings. The van der Waals surface area contributed by atoms with Crippen molar-refractivity contribution in [3.63, 3.8) is 0 Å². The molecular weight excluding hydrogens is 336 g/mol. The molecule has 2 N–H and O–H groups in total. The number of hydrogen-bond donors (Lipinski definition) is 2. The van der Waals surface area contributed by atoms with Crippen LogP contribution in [0.25, 0.3) is 16.3 Å². The van der Waals surface area contributed by atoms with Crippen LogP contribution in [-0.2, 0) is 4.79 Å². The van der Waals surface area contributed by atoms with Crippen LogP contribution in [0.5, 0.6) is 0 Å². The van der Waals surface area contributed by atoms with Crippen molar-refractivity contribution in [1.82, 2.24) is 10.4 Å². The van der Waals surface area contributed by atoms with Gasteiger partial charge in [-0.25, -0.2) is 5.48 Å². The van der Waals surface area contributed by atoms with Gasteiger partial charge in [-0.1, -0.05) is 78.9 Å². The van der Waals surface area contributed by atoms with Gasteiger partial charge in [-0.15, -0.1) is 0 Å². The van der Waals surface area contributed by atoms with Crippen LogP contribution in [0.4, 0.5) is 0 Å². The summed E-state index contributed by atoms with van der Waals surface area (Å²) in [5, 5.41) is 11.7. The Morgan fingerprint density at radius 2 is 1.70 bits per heavy atom. The van der Waals surface area contributed by atoms with E-state index in [1.165, 1.54) is 21.9 Å². The Labute approximate surface area is 158 Å². The van der Waals surface area contributed by atoms with E-state index in [1.807, 2.05) is 35.8 Å². The van der Waals surface area contributed by atoms with Gasteiger partial charge in [-0.3, -0.25) is 14.9 Å². The highest BCUT2D eigenvalue weighted by atomic mass is 16.5. The minimum atomic E-state index is -0.499. The van der Waals surface area contributed by atoms with Crippen LogP contribution in [0.3, 0.4) is 0 Å². The Bertz CT molecular complexity index is 977. The zero-order valence-corrected chi connectivity index (χ0v) is 15.0. The fraction of sp³-hybridized carbons (Fsp3) is 0.174. The lowest BCUT2D eigenvalue weighted by Crippen LogP contribution is -2.41. The summed E-state index contributed by atoms with van der Waals surface area (Å²) in [6, 6.07) is 23.9. The smallest absolute Gasteiger partial charge is 0.265 e. The minimum absolute atomic E-state index is 0.400. The highest BCUT2D eigenvalue weighted by molar-refractivity contribution is 5.94. The molecule has 0 saturated carbocycles. The van der Waals surface area contributed by atoms with Crippen LogP contribution in [0.2, 0.25) is 0 Å². The minimum Gasteiger partial charge on any atom is -0.289 e. The third kappa shape index (κ3) is 3.50. The van der Waals surface area contributed by atoms with Crippen molar-refractivity contribution in [1.29, 1.82) is 0 Å². The molecule has 0 aromatic heterocycles. The van der Waals surface area contributed by atoms with Gasteiger partial charge < -0.3 is 0 Å². The highest BCUT2D eigenvalue weighted by Gasteiger charge is 2.28. The van der Waals surface area contributed by atoms with E-state index in [-0.39, 0.29) is 0 Å². The average Bonchev–Trinajstić information content (AvgIpc) is 2.75. The second-order valence-electron chi connectivity index (χ2n) is 6.79. The summed E-state index contributed by atoms with van der Waals surface area (Å²) in [5.41, 5.74) is 5.27. The van der Waals surface area contributed by atoms with Crippen molar-refractivity contribution < 1.29 is 10.0 Å². The largest absolute Gasteiger partial charge is 0.289 e. The third-order valence-corrected chi connectivity index (χ3v) is 5.22. The predicted molar refractivity (Wildman–Crippen MR) is 107 cm³/mol. The molecule has 1 amide bonds. The molecule has 0 bridgehead atoms. The van der Waals surface area contributed by atoms with Crippen LogP contribution in [-0.4, -0.2) is 29.1 Å². The quantitative estimate of drug-likeness (QED) is 0.543. The lowest BCUT2D eigenvalue weighted by atomic mass is 9.93. The van der Waals surface area contributed by atoms with Crippen molar-refractivity contribution in [2.45, 2.75) is 12.5 Å². The number of hydrogen-bond acceptors (Lipinski definition) is 3. The Morgan fingerprint density at radius 3 is 2.44 bits per heavy atom. The van der Waals surface area contributed by atoms with Gasteiger partial charge in [0.2, 0.25) is 0 Å². The van der Waals surface area contributed by atoms with Crippen molar-refractivity contribution in [3.05, 3.63) is 90.0 Å². The van der Waals surface area contributed by atoms with Crippen LogP contribution in [0, 0.1) is 0 Å². The molecule has 0 aliphatic carbocycles. The van der Waals surface area contributed by atoms with Gasteiger partial charge in [0.25, 0.3) is 5.91 Å². The molecule has 1 heterocycles. The first-order valence-electron chi connectivity index (χ1n) is 9.18. The fourth-order valence-electron chi connectivity index (χ4n) is 3.89.